The van der Waals surface area contributed by atoms with Crippen LogP contribution in [0.1, 0.15) is 30.6 Å². The molecule has 7 heteroatoms. The average Bonchev–Trinajstić information content (AvgIpc) is 2.37. The Balaban J connectivity index is 2.87. The van der Waals surface area contributed by atoms with Crippen LogP contribution in [0.5, 0.6) is 0 Å². The molecule has 6 nitrogen and oxygen atoms in total. The molecular formula is C12H15NO5S. The lowest BCUT2D eigenvalue weighted by Crippen LogP contribution is -2.25. The smallest absolute Gasteiger partial charge is 0.269 e. The molecule has 0 aromatic heterocycles. The van der Waals surface area contributed by atoms with Gasteiger partial charge in [0, 0.05) is 17.7 Å². The van der Waals surface area contributed by atoms with Gasteiger partial charge in [-0.2, -0.15) is 0 Å². The number of hydrogen-bond donors (Lipinski definition) is 0. The number of nitro groups is 1. The largest absolute Gasteiger partial charge is 0.293 e. The van der Waals surface area contributed by atoms with Crippen molar-refractivity contribution in [2.75, 3.05) is 5.75 Å². The Morgan fingerprint density at radius 3 is 2.26 bits per heavy atom. The summed E-state index contributed by atoms with van der Waals surface area (Å²) in [5, 5.41) is 9.89. The molecule has 0 radical (unpaired) electrons. The van der Waals surface area contributed by atoms with Gasteiger partial charge in [0.15, 0.2) is 15.6 Å². The highest BCUT2D eigenvalue weighted by Gasteiger charge is 2.23. The lowest BCUT2D eigenvalue weighted by atomic mass is 10.1. The molecule has 0 saturated heterocycles. The molecule has 1 unspecified atom stereocenters. The van der Waals surface area contributed by atoms with E-state index in [9.17, 15) is 23.3 Å². The Morgan fingerprint density at radius 1 is 1.32 bits per heavy atom. The first kappa shape index (κ1) is 15.3. The van der Waals surface area contributed by atoms with Crippen LogP contribution in [0.3, 0.4) is 0 Å². The van der Waals surface area contributed by atoms with Crippen molar-refractivity contribution in [3.8, 4) is 0 Å². The number of hydrogen-bond acceptors (Lipinski definition) is 5. The topological polar surface area (TPSA) is 94.3 Å². The van der Waals surface area contributed by atoms with Crippen LogP contribution < -0.4 is 0 Å². The van der Waals surface area contributed by atoms with Gasteiger partial charge in [0.1, 0.15) is 5.75 Å². The standard InChI is InChI=1S/C12H15NO5S/c1-3-9(2)19(17,18)8-12(14)10-4-6-11(7-5-10)13(15)16/h4-7,9H,3,8H2,1-2H3. The second kappa shape index (κ2) is 5.92. The fourth-order valence-corrected chi connectivity index (χ4v) is 2.76. The Kier molecular flexibility index (Phi) is 4.77. The van der Waals surface area contributed by atoms with E-state index in [-0.39, 0.29) is 11.3 Å². The Hall–Kier alpha value is -1.76. The molecule has 1 aromatic rings. The molecule has 0 aliphatic rings. The molecule has 0 N–H and O–H groups in total. The molecule has 1 atom stereocenters. The monoisotopic (exact) mass is 285 g/mol. The van der Waals surface area contributed by atoms with E-state index in [4.69, 9.17) is 0 Å². The van der Waals surface area contributed by atoms with Gasteiger partial charge in [0.2, 0.25) is 0 Å². The Morgan fingerprint density at radius 2 is 1.84 bits per heavy atom. The number of nitrogens with zero attached hydrogens (tertiary/aromatic N) is 1. The van der Waals surface area contributed by atoms with Crippen LogP contribution in [-0.4, -0.2) is 30.1 Å². The summed E-state index contributed by atoms with van der Waals surface area (Å²) < 4.78 is 23.6. The van der Waals surface area contributed by atoms with Crippen molar-refractivity contribution >= 4 is 21.3 Å². The van der Waals surface area contributed by atoms with Crippen LogP contribution in [0.15, 0.2) is 24.3 Å². The minimum absolute atomic E-state index is 0.138. The maximum atomic E-state index is 11.8. The number of rotatable bonds is 6. The third-order valence-corrected chi connectivity index (χ3v) is 5.14. The zero-order valence-corrected chi connectivity index (χ0v) is 11.5. The summed E-state index contributed by atoms with van der Waals surface area (Å²) in [5.41, 5.74) is 0.0267. The van der Waals surface area contributed by atoms with E-state index >= 15 is 0 Å². The maximum absolute atomic E-state index is 11.8. The summed E-state index contributed by atoms with van der Waals surface area (Å²) in [6.45, 7) is 3.29. The van der Waals surface area contributed by atoms with Gasteiger partial charge in [-0.25, -0.2) is 8.42 Å². The van der Waals surface area contributed by atoms with Crippen molar-refractivity contribution in [3.63, 3.8) is 0 Å². The predicted molar refractivity (Wildman–Crippen MR) is 71.0 cm³/mol. The SMILES string of the molecule is CCC(C)S(=O)(=O)CC(=O)c1ccc([N+](=O)[O-])cc1. The Labute approximate surface area is 111 Å². The second-order valence-electron chi connectivity index (χ2n) is 4.25. The van der Waals surface area contributed by atoms with Crippen molar-refractivity contribution in [1.29, 1.82) is 0 Å². The van der Waals surface area contributed by atoms with E-state index in [0.717, 1.165) is 0 Å². The summed E-state index contributed by atoms with van der Waals surface area (Å²) in [4.78, 5) is 21.7. The molecule has 0 aliphatic heterocycles. The number of Topliss-reactive ketones (excluding diaryl/α,β-unsaturated/α-hetero) is 1. The highest BCUT2D eigenvalue weighted by atomic mass is 32.2. The van der Waals surface area contributed by atoms with Gasteiger partial charge in [-0.05, 0) is 25.5 Å². The number of ketones is 1. The highest BCUT2D eigenvalue weighted by Crippen LogP contribution is 2.14. The van der Waals surface area contributed by atoms with E-state index in [1.54, 1.807) is 13.8 Å². The van der Waals surface area contributed by atoms with Crippen LogP contribution in [-0.2, 0) is 9.84 Å². The minimum Gasteiger partial charge on any atom is -0.293 e. The lowest BCUT2D eigenvalue weighted by molar-refractivity contribution is -0.384. The van der Waals surface area contributed by atoms with Crippen molar-refractivity contribution in [2.45, 2.75) is 25.5 Å². The molecule has 0 amide bonds. The molecule has 1 aromatic carbocycles. The van der Waals surface area contributed by atoms with Crippen molar-refractivity contribution < 1.29 is 18.1 Å². The summed E-state index contributed by atoms with van der Waals surface area (Å²) in [6.07, 6.45) is 0.440. The number of non-ortho nitro benzene ring substituents is 1. The number of carbonyl (C=O) groups excluding carboxylic acids is 1. The number of benzene rings is 1. The third-order valence-electron chi connectivity index (χ3n) is 2.92. The maximum Gasteiger partial charge on any atom is 0.269 e. The second-order valence-corrected chi connectivity index (χ2v) is 6.67. The zero-order chi connectivity index (χ0) is 14.6. The van der Waals surface area contributed by atoms with Gasteiger partial charge in [0.05, 0.1) is 10.2 Å². The van der Waals surface area contributed by atoms with Gasteiger partial charge in [-0.15, -0.1) is 0 Å². The van der Waals surface area contributed by atoms with Gasteiger partial charge < -0.3 is 0 Å². The fraction of sp³-hybridized carbons (Fsp3) is 0.417. The van der Waals surface area contributed by atoms with Crippen molar-refractivity contribution in [2.24, 2.45) is 0 Å². The molecule has 1 rings (SSSR count). The minimum atomic E-state index is -3.47. The summed E-state index contributed by atoms with van der Waals surface area (Å²) in [6, 6.07) is 4.91. The number of carbonyl (C=O) groups is 1. The summed E-state index contributed by atoms with van der Waals surface area (Å²) in [7, 11) is -3.47. The highest BCUT2D eigenvalue weighted by molar-refractivity contribution is 7.92. The van der Waals surface area contributed by atoms with Crippen LogP contribution >= 0.6 is 0 Å². The third kappa shape index (κ3) is 3.85. The van der Waals surface area contributed by atoms with Gasteiger partial charge >= 0.3 is 0 Å². The first-order valence-corrected chi connectivity index (χ1v) is 7.48. The summed E-state index contributed by atoms with van der Waals surface area (Å²) in [5.74, 6) is -1.12. The molecule has 104 valence electrons. The fourth-order valence-electron chi connectivity index (χ4n) is 1.43. The number of sulfone groups is 1. The average molecular weight is 285 g/mol. The van der Waals surface area contributed by atoms with Gasteiger partial charge in [-0.1, -0.05) is 6.92 Å². The molecule has 0 fully saturated rings. The quantitative estimate of drug-likeness (QED) is 0.452. The van der Waals surface area contributed by atoms with E-state index in [1.807, 2.05) is 0 Å². The first-order chi connectivity index (χ1) is 8.77. The van der Waals surface area contributed by atoms with E-state index in [1.165, 1.54) is 24.3 Å². The van der Waals surface area contributed by atoms with Crippen molar-refractivity contribution in [3.05, 3.63) is 39.9 Å². The van der Waals surface area contributed by atoms with Crippen LogP contribution in [0.4, 0.5) is 5.69 Å². The van der Waals surface area contributed by atoms with Crippen LogP contribution in [0.2, 0.25) is 0 Å². The molecule has 19 heavy (non-hydrogen) atoms. The number of nitro benzene ring substituents is 1. The summed E-state index contributed by atoms with van der Waals surface area (Å²) >= 11 is 0. The molecule has 0 bridgehead atoms. The molecular weight excluding hydrogens is 270 g/mol. The van der Waals surface area contributed by atoms with Gasteiger partial charge in [-0.3, -0.25) is 14.9 Å². The van der Waals surface area contributed by atoms with Crippen LogP contribution in [0, 0.1) is 10.1 Å². The lowest BCUT2D eigenvalue weighted by Gasteiger charge is -2.09. The molecule has 0 aliphatic carbocycles. The van der Waals surface area contributed by atoms with Crippen LogP contribution in [0.25, 0.3) is 0 Å². The Bertz CT molecular complexity index is 577. The normalized spacial score (nSPS) is 12.9. The first-order valence-electron chi connectivity index (χ1n) is 5.77. The van der Waals surface area contributed by atoms with E-state index in [0.29, 0.717) is 6.42 Å². The van der Waals surface area contributed by atoms with Crippen molar-refractivity contribution in [1.82, 2.24) is 0 Å². The molecule has 0 saturated carbocycles. The van der Waals surface area contributed by atoms with Gasteiger partial charge in [0.25, 0.3) is 5.69 Å². The predicted octanol–water partition coefficient (Wildman–Crippen LogP) is 1.99. The molecule has 0 heterocycles. The molecule has 0 spiro atoms. The van der Waals surface area contributed by atoms with E-state index in [2.05, 4.69) is 0 Å². The zero-order valence-electron chi connectivity index (χ0n) is 10.7. The van der Waals surface area contributed by atoms with E-state index < -0.39 is 31.5 Å².